The van der Waals surface area contributed by atoms with Gasteiger partial charge in [0, 0.05) is 16.9 Å². The molecular weight excluding hydrogens is 302 g/mol. The van der Waals surface area contributed by atoms with Gasteiger partial charge in [-0.2, -0.15) is 0 Å². The Balaban J connectivity index is 1.63. The molecule has 5 nitrogen and oxygen atoms in total. The van der Waals surface area contributed by atoms with Crippen LogP contribution in [-0.4, -0.2) is 24.4 Å². The van der Waals surface area contributed by atoms with Gasteiger partial charge in [0.15, 0.2) is 0 Å². The molecule has 0 aliphatic carbocycles. The molecule has 2 aromatic carbocycles. The van der Waals surface area contributed by atoms with Crippen LogP contribution in [0.4, 0.5) is 11.4 Å². The van der Waals surface area contributed by atoms with E-state index < -0.39 is 0 Å². The van der Waals surface area contributed by atoms with E-state index in [4.69, 9.17) is 0 Å². The van der Waals surface area contributed by atoms with E-state index in [2.05, 4.69) is 16.0 Å². The lowest BCUT2D eigenvalue weighted by Gasteiger charge is -2.22. The van der Waals surface area contributed by atoms with E-state index in [0.29, 0.717) is 16.9 Å². The highest BCUT2D eigenvalue weighted by molar-refractivity contribution is 6.04. The molecule has 1 unspecified atom stereocenters. The van der Waals surface area contributed by atoms with E-state index in [9.17, 15) is 9.59 Å². The fourth-order valence-corrected chi connectivity index (χ4v) is 2.77. The molecule has 1 aliphatic heterocycles. The monoisotopic (exact) mass is 323 g/mol. The van der Waals surface area contributed by atoms with Gasteiger partial charge in [-0.05, 0) is 49.7 Å². The van der Waals surface area contributed by atoms with Crippen LogP contribution in [-0.2, 0) is 4.79 Å². The van der Waals surface area contributed by atoms with E-state index in [-0.39, 0.29) is 17.9 Å². The lowest BCUT2D eigenvalue weighted by Crippen LogP contribution is -2.43. The van der Waals surface area contributed by atoms with Crippen molar-refractivity contribution in [1.29, 1.82) is 0 Å². The predicted octanol–water partition coefficient (Wildman–Crippen LogP) is 3.02. The van der Waals surface area contributed by atoms with Gasteiger partial charge in [0.1, 0.15) is 0 Å². The topological polar surface area (TPSA) is 70.2 Å². The molecule has 1 fully saturated rings. The molecule has 3 N–H and O–H groups in total. The average molecular weight is 323 g/mol. The number of amides is 2. The van der Waals surface area contributed by atoms with E-state index in [1.165, 1.54) is 0 Å². The number of hydrogen-bond acceptors (Lipinski definition) is 3. The molecule has 2 aromatic rings. The van der Waals surface area contributed by atoms with Crippen LogP contribution in [0.1, 0.15) is 29.6 Å². The lowest BCUT2D eigenvalue weighted by atomic mass is 10.0. The quantitative estimate of drug-likeness (QED) is 0.810. The van der Waals surface area contributed by atoms with Crippen LogP contribution in [0.2, 0.25) is 0 Å². The standard InChI is InChI=1S/C19H21N3O2/c23-18(14-7-2-1-3-8-14)21-15-9-6-10-16(13-15)22-19(24)17-11-4-5-12-20-17/h1-3,6-10,13,17,20H,4-5,11-12H2,(H,21,23)(H,22,24). The van der Waals surface area contributed by atoms with Gasteiger partial charge in [-0.3, -0.25) is 9.59 Å². The highest BCUT2D eigenvalue weighted by atomic mass is 16.2. The van der Waals surface area contributed by atoms with Crippen LogP contribution in [0, 0.1) is 0 Å². The fourth-order valence-electron chi connectivity index (χ4n) is 2.77. The van der Waals surface area contributed by atoms with Gasteiger partial charge in [0.25, 0.3) is 5.91 Å². The Morgan fingerprint density at radius 1 is 0.917 bits per heavy atom. The van der Waals surface area contributed by atoms with E-state index in [1.54, 1.807) is 24.3 Å². The molecule has 3 rings (SSSR count). The number of benzene rings is 2. The number of anilines is 2. The van der Waals surface area contributed by atoms with E-state index in [1.807, 2.05) is 30.3 Å². The van der Waals surface area contributed by atoms with Crippen molar-refractivity contribution in [3.63, 3.8) is 0 Å². The fraction of sp³-hybridized carbons (Fsp3) is 0.263. The van der Waals surface area contributed by atoms with Gasteiger partial charge in [0.05, 0.1) is 6.04 Å². The summed E-state index contributed by atoms with van der Waals surface area (Å²) in [5.74, 6) is -0.200. The zero-order chi connectivity index (χ0) is 16.8. The summed E-state index contributed by atoms with van der Waals surface area (Å²) in [6.07, 6.45) is 3.04. The third-order valence-electron chi connectivity index (χ3n) is 4.05. The zero-order valence-corrected chi connectivity index (χ0v) is 13.4. The largest absolute Gasteiger partial charge is 0.325 e. The van der Waals surface area contributed by atoms with Crippen molar-refractivity contribution < 1.29 is 9.59 Å². The summed E-state index contributed by atoms with van der Waals surface area (Å²) in [6.45, 7) is 0.880. The Morgan fingerprint density at radius 3 is 2.38 bits per heavy atom. The van der Waals surface area contributed by atoms with Gasteiger partial charge in [-0.15, -0.1) is 0 Å². The van der Waals surface area contributed by atoms with Crippen molar-refractivity contribution in [3.05, 3.63) is 60.2 Å². The van der Waals surface area contributed by atoms with Crippen molar-refractivity contribution in [3.8, 4) is 0 Å². The summed E-state index contributed by atoms with van der Waals surface area (Å²) < 4.78 is 0. The maximum absolute atomic E-state index is 12.3. The van der Waals surface area contributed by atoms with Gasteiger partial charge >= 0.3 is 0 Å². The summed E-state index contributed by atoms with van der Waals surface area (Å²) in [6, 6.07) is 16.1. The first kappa shape index (κ1) is 16.2. The third-order valence-corrected chi connectivity index (χ3v) is 4.05. The summed E-state index contributed by atoms with van der Waals surface area (Å²) in [5, 5.41) is 8.98. The molecule has 124 valence electrons. The van der Waals surface area contributed by atoms with Gasteiger partial charge in [-0.25, -0.2) is 0 Å². The lowest BCUT2D eigenvalue weighted by molar-refractivity contribution is -0.118. The molecule has 0 radical (unpaired) electrons. The molecule has 24 heavy (non-hydrogen) atoms. The predicted molar refractivity (Wildman–Crippen MR) is 95.1 cm³/mol. The summed E-state index contributed by atoms with van der Waals surface area (Å²) in [5.41, 5.74) is 1.93. The zero-order valence-electron chi connectivity index (χ0n) is 13.4. The number of hydrogen-bond donors (Lipinski definition) is 3. The normalized spacial score (nSPS) is 17.1. The highest BCUT2D eigenvalue weighted by Crippen LogP contribution is 2.17. The second kappa shape index (κ2) is 7.75. The molecule has 1 aliphatic rings. The molecule has 1 atom stereocenters. The molecule has 2 amide bonds. The number of carbonyl (C=O) groups is 2. The van der Waals surface area contributed by atoms with Crippen LogP contribution in [0.25, 0.3) is 0 Å². The van der Waals surface area contributed by atoms with Crippen molar-refractivity contribution >= 4 is 23.2 Å². The minimum absolute atomic E-state index is 0.0266. The number of piperidine rings is 1. The van der Waals surface area contributed by atoms with E-state index >= 15 is 0 Å². The van der Waals surface area contributed by atoms with Crippen LogP contribution < -0.4 is 16.0 Å². The second-order valence-electron chi connectivity index (χ2n) is 5.89. The molecule has 0 bridgehead atoms. The van der Waals surface area contributed by atoms with Gasteiger partial charge in [-0.1, -0.05) is 30.7 Å². The molecule has 5 heteroatoms. The minimum Gasteiger partial charge on any atom is -0.325 e. The molecule has 0 saturated carbocycles. The van der Waals surface area contributed by atoms with Crippen LogP contribution in [0.3, 0.4) is 0 Å². The van der Waals surface area contributed by atoms with Crippen LogP contribution in [0.5, 0.6) is 0 Å². The van der Waals surface area contributed by atoms with Crippen LogP contribution >= 0.6 is 0 Å². The molecule has 1 saturated heterocycles. The average Bonchev–Trinajstić information content (AvgIpc) is 2.63. The second-order valence-corrected chi connectivity index (χ2v) is 5.89. The molecule has 1 heterocycles. The smallest absolute Gasteiger partial charge is 0.255 e. The van der Waals surface area contributed by atoms with Crippen molar-refractivity contribution in [1.82, 2.24) is 5.32 Å². The number of rotatable bonds is 4. The Morgan fingerprint density at radius 2 is 1.67 bits per heavy atom. The Hall–Kier alpha value is -2.66. The van der Waals surface area contributed by atoms with Crippen molar-refractivity contribution in [2.75, 3.05) is 17.2 Å². The third kappa shape index (κ3) is 4.20. The van der Waals surface area contributed by atoms with Gasteiger partial charge in [0.2, 0.25) is 5.91 Å². The van der Waals surface area contributed by atoms with Gasteiger partial charge < -0.3 is 16.0 Å². The number of nitrogens with one attached hydrogen (secondary N) is 3. The summed E-state index contributed by atoms with van der Waals surface area (Å²) in [7, 11) is 0. The first-order valence-electron chi connectivity index (χ1n) is 8.23. The summed E-state index contributed by atoms with van der Waals surface area (Å²) >= 11 is 0. The molecular formula is C19H21N3O2. The maximum atomic E-state index is 12.3. The molecule has 0 aromatic heterocycles. The Labute approximate surface area is 141 Å². The first-order chi connectivity index (χ1) is 11.7. The highest BCUT2D eigenvalue weighted by Gasteiger charge is 2.20. The minimum atomic E-state index is -0.173. The Bertz CT molecular complexity index is 710. The maximum Gasteiger partial charge on any atom is 0.255 e. The number of carbonyl (C=O) groups excluding carboxylic acids is 2. The van der Waals surface area contributed by atoms with Crippen molar-refractivity contribution in [2.45, 2.75) is 25.3 Å². The van der Waals surface area contributed by atoms with Crippen molar-refractivity contribution in [2.24, 2.45) is 0 Å². The molecule has 0 spiro atoms. The van der Waals surface area contributed by atoms with Crippen LogP contribution in [0.15, 0.2) is 54.6 Å². The Kier molecular flexibility index (Phi) is 5.23. The summed E-state index contributed by atoms with van der Waals surface area (Å²) in [4.78, 5) is 24.4. The SMILES string of the molecule is O=C(Nc1cccc(NC(=O)C2CCCCN2)c1)c1ccccc1. The first-order valence-corrected chi connectivity index (χ1v) is 8.23. The van der Waals surface area contributed by atoms with E-state index in [0.717, 1.165) is 25.8 Å².